The molecule has 2 rings (SSSR count). The fourth-order valence-corrected chi connectivity index (χ4v) is 2.02. The first-order valence-electron chi connectivity index (χ1n) is 6.32. The molecule has 0 aliphatic heterocycles. The third-order valence-corrected chi connectivity index (χ3v) is 2.99. The zero-order valence-electron chi connectivity index (χ0n) is 12.0. The Kier molecular flexibility index (Phi) is 3.90. The summed E-state index contributed by atoms with van der Waals surface area (Å²) in [6.07, 6.45) is 0. The maximum Gasteiger partial charge on any atom is 0.339 e. The molecule has 0 amide bonds. The number of hydrogen-bond donors (Lipinski definition) is 1. The number of carbonyl (C=O) groups is 1. The summed E-state index contributed by atoms with van der Waals surface area (Å²) in [7, 11) is 0. The van der Waals surface area contributed by atoms with Gasteiger partial charge in [-0.15, -0.1) is 0 Å². The Morgan fingerprint density at radius 1 is 1.24 bits per heavy atom. The van der Waals surface area contributed by atoms with Crippen LogP contribution in [0.1, 0.15) is 32.9 Å². The van der Waals surface area contributed by atoms with Crippen molar-refractivity contribution in [1.29, 1.82) is 5.26 Å². The molecule has 0 saturated heterocycles. The first-order chi connectivity index (χ1) is 9.92. The van der Waals surface area contributed by atoms with Crippen molar-refractivity contribution in [3.63, 3.8) is 0 Å². The van der Waals surface area contributed by atoms with E-state index in [4.69, 9.17) is 4.74 Å². The number of ether oxygens (including phenoxy) is 1. The van der Waals surface area contributed by atoms with E-state index in [-0.39, 0.29) is 11.3 Å². The maximum atomic E-state index is 11.3. The van der Waals surface area contributed by atoms with Gasteiger partial charge in [0.25, 0.3) is 0 Å². The van der Waals surface area contributed by atoms with Gasteiger partial charge in [0.05, 0.1) is 5.69 Å². The number of aromatic nitrogens is 1. The van der Waals surface area contributed by atoms with Crippen LogP contribution in [0.4, 0.5) is 0 Å². The van der Waals surface area contributed by atoms with Crippen molar-refractivity contribution in [3.8, 4) is 17.6 Å². The number of aromatic carboxylic acids is 1. The van der Waals surface area contributed by atoms with E-state index >= 15 is 0 Å². The topological polar surface area (TPSA) is 83.2 Å². The molecular weight excluding hydrogens is 268 g/mol. The lowest BCUT2D eigenvalue weighted by atomic mass is 10.1. The van der Waals surface area contributed by atoms with Crippen molar-refractivity contribution in [2.45, 2.75) is 20.8 Å². The maximum absolute atomic E-state index is 11.3. The highest BCUT2D eigenvalue weighted by Crippen LogP contribution is 2.30. The quantitative estimate of drug-likeness (QED) is 0.933. The molecule has 21 heavy (non-hydrogen) atoms. The van der Waals surface area contributed by atoms with Gasteiger partial charge in [0.1, 0.15) is 28.7 Å². The van der Waals surface area contributed by atoms with Crippen molar-refractivity contribution in [1.82, 2.24) is 4.98 Å². The Labute approximate surface area is 122 Å². The van der Waals surface area contributed by atoms with Gasteiger partial charge < -0.3 is 9.84 Å². The van der Waals surface area contributed by atoms with Crippen LogP contribution in [0.25, 0.3) is 0 Å². The number of benzene rings is 1. The second-order valence-corrected chi connectivity index (χ2v) is 4.74. The minimum absolute atomic E-state index is 0.0524. The SMILES string of the molecule is Cc1ccc(C(=O)O)c(Oc2cc(C)nc(C)c2C#N)c1. The predicted molar refractivity (Wildman–Crippen MR) is 76.6 cm³/mol. The van der Waals surface area contributed by atoms with E-state index in [2.05, 4.69) is 4.98 Å². The lowest BCUT2D eigenvalue weighted by Gasteiger charge is -2.12. The Morgan fingerprint density at radius 2 is 1.95 bits per heavy atom. The van der Waals surface area contributed by atoms with Crippen LogP contribution < -0.4 is 4.74 Å². The van der Waals surface area contributed by atoms with Gasteiger partial charge in [-0.2, -0.15) is 5.26 Å². The molecule has 2 aromatic rings. The lowest BCUT2D eigenvalue weighted by molar-refractivity contribution is 0.0694. The molecule has 1 N–H and O–H groups in total. The molecular formula is C16H14N2O3. The third-order valence-electron chi connectivity index (χ3n) is 2.99. The summed E-state index contributed by atoms with van der Waals surface area (Å²) in [5.74, 6) is -0.550. The predicted octanol–water partition coefficient (Wildman–Crippen LogP) is 3.37. The van der Waals surface area contributed by atoms with Crippen LogP contribution in [0.3, 0.4) is 0 Å². The second kappa shape index (κ2) is 5.63. The summed E-state index contributed by atoms with van der Waals surface area (Å²) in [6, 6.07) is 8.48. The number of hydrogen-bond acceptors (Lipinski definition) is 4. The number of nitriles is 1. The highest BCUT2D eigenvalue weighted by atomic mass is 16.5. The molecule has 0 fully saturated rings. The molecule has 106 valence electrons. The Morgan fingerprint density at radius 3 is 2.57 bits per heavy atom. The molecule has 1 aromatic carbocycles. The molecule has 0 aliphatic rings. The molecule has 5 nitrogen and oxygen atoms in total. The molecule has 0 atom stereocenters. The molecule has 0 saturated carbocycles. The molecule has 0 unspecified atom stereocenters. The molecule has 1 aromatic heterocycles. The molecule has 0 aliphatic carbocycles. The van der Waals surface area contributed by atoms with Gasteiger partial charge in [-0.25, -0.2) is 4.79 Å². The van der Waals surface area contributed by atoms with E-state index in [1.54, 1.807) is 32.0 Å². The van der Waals surface area contributed by atoms with Gasteiger partial charge in [0.2, 0.25) is 0 Å². The fourth-order valence-electron chi connectivity index (χ4n) is 2.02. The van der Waals surface area contributed by atoms with E-state index in [0.29, 0.717) is 22.7 Å². The van der Waals surface area contributed by atoms with Gasteiger partial charge in [0, 0.05) is 11.8 Å². The third kappa shape index (κ3) is 3.00. The van der Waals surface area contributed by atoms with E-state index in [0.717, 1.165) is 5.56 Å². The summed E-state index contributed by atoms with van der Waals surface area (Å²) in [6.45, 7) is 5.34. The van der Waals surface area contributed by atoms with E-state index < -0.39 is 5.97 Å². The number of aryl methyl sites for hydroxylation is 3. The number of carboxylic acid groups (broad SMARTS) is 1. The van der Waals surface area contributed by atoms with Crippen LogP contribution in [-0.2, 0) is 0 Å². The first-order valence-corrected chi connectivity index (χ1v) is 6.32. The second-order valence-electron chi connectivity index (χ2n) is 4.74. The van der Waals surface area contributed by atoms with Crippen LogP contribution >= 0.6 is 0 Å². The van der Waals surface area contributed by atoms with Crippen molar-refractivity contribution in [3.05, 3.63) is 52.3 Å². The molecule has 1 heterocycles. The highest BCUT2D eigenvalue weighted by Gasteiger charge is 2.16. The summed E-state index contributed by atoms with van der Waals surface area (Å²) in [5.41, 5.74) is 2.48. The van der Waals surface area contributed by atoms with Crippen molar-refractivity contribution in [2.24, 2.45) is 0 Å². The van der Waals surface area contributed by atoms with Crippen LogP contribution in [0.2, 0.25) is 0 Å². The van der Waals surface area contributed by atoms with Crippen molar-refractivity contribution >= 4 is 5.97 Å². The average molecular weight is 282 g/mol. The minimum atomic E-state index is -1.08. The van der Waals surface area contributed by atoms with Crippen molar-refractivity contribution < 1.29 is 14.6 Å². The smallest absolute Gasteiger partial charge is 0.339 e. The summed E-state index contributed by atoms with van der Waals surface area (Å²) >= 11 is 0. The van der Waals surface area contributed by atoms with Gasteiger partial charge in [-0.1, -0.05) is 6.07 Å². The summed E-state index contributed by atoms with van der Waals surface area (Å²) in [5, 5.41) is 18.4. The Balaban J connectivity index is 2.55. The fraction of sp³-hybridized carbons (Fsp3) is 0.188. The zero-order valence-corrected chi connectivity index (χ0v) is 12.0. The van der Waals surface area contributed by atoms with E-state index in [1.165, 1.54) is 6.07 Å². The highest BCUT2D eigenvalue weighted by molar-refractivity contribution is 5.91. The van der Waals surface area contributed by atoms with Crippen LogP contribution in [0.15, 0.2) is 24.3 Å². The Hall–Kier alpha value is -2.87. The normalized spacial score (nSPS) is 10.0. The average Bonchev–Trinajstić information content (AvgIpc) is 2.37. The number of pyridine rings is 1. The first kappa shape index (κ1) is 14.5. The summed E-state index contributed by atoms with van der Waals surface area (Å²) in [4.78, 5) is 15.5. The number of rotatable bonds is 3. The number of carboxylic acids is 1. The summed E-state index contributed by atoms with van der Waals surface area (Å²) < 4.78 is 5.69. The van der Waals surface area contributed by atoms with Gasteiger partial charge in [-0.05, 0) is 38.5 Å². The molecule has 0 spiro atoms. The van der Waals surface area contributed by atoms with Crippen LogP contribution in [-0.4, -0.2) is 16.1 Å². The minimum Gasteiger partial charge on any atom is -0.478 e. The molecule has 0 radical (unpaired) electrons. The monoisotopic (exact) mass is 282 g/mol. The van der Waals surface area contributed by atoms with Gasteiger partial charge in [-0.3, -0.25) is 4.98 Å². The zero-order chi connectivity index (χ0) is 15.6. The van der Waals surface area contributed by atoms with E-state index in [9.17, 15) is 15.2 Å². The van der Waals surface area contributed by atoms with Crippen molar-refractivity contribution in [2.75, 3.05) is 0 Å². The van der Waals surface area contributed by atoms with Gasteiger partial charge in [0.15, 0.2) is 0 Å². The van der Waals surface area contributed by atoms with Gasteiger partial charge >= 0.3 is 5.97 Å². The van der Waals surface area contributed by atoms with Crippen LogP contribution in [0.5, 0.6) is 11.5 Å². The Bertz CT molecular complexity index is 761. The number of nitrogens with zero attached hydrogens (tertiary/aromatic N) is 2. The van der Waals surface area contributed by atoms with E-state index in [1.807, 2.05) is 13.0 Å². The standard InChI is InChI=1S/C16H14N2O3/c1-9-4-5-12(16(19)20)14(6-9)21-15-7-10(2)18-11(3)13(15)8-17/h4-7H,1-3H3,(H,19,20). The van der Waals surface area contributed by atoms with Crippen LogP contribution in [0, 0.1) is 32.1 Å². The molecule has 5 heteroatoms. The lowest BCUT2D eigenvalue weighted by Crippen LogP contribution is -2.02. The molecule has 0 bridgehead atoms. The largest absolute Gasteiger partial charge is 0.478 e.